The van der Waals surface area contributed by atoms with Crippen molar-refractivity contribution in [2.75, 3.05) is 13.2 Å². The summed E-state index contributed by atoms with van der Waals surface area (Å²) >= 11 is 0. The summed E-state index contributed by atoms with van der Waals surface area (Å²) in [5, 5.41) is 3.30. The molecule has 4 heteroatoms. The van der Waals surface area contributed by atoms with Crippen LogP contribution in [-0.2, 0) is 0 Å². The highest BCUT2D eigenvalue weighted by Gasteiger charge is 2.06. The second-order valence-electron chi connectivity index (χ2n) is 5.25. The summed E-state index contributed by atoms with van der Waals surface area (Å²) < 4.78 is 31.4. The molecule has 0 fully saturated rings. The van der Waals surface area contributed by atoms with Crippen molar-refractivity contribution in [1.82, 2.24) is 5.32 Å². The molecule has 0 aliphatic carbocycles. The van der Waals surface area contributed by atoms with Gasteiger partial charge in [0, 0.05) is 18.7 Å². The van der Waals surface area contributed by atoms with E-state index in [9.17, 15) is 8.78 Å². The number of hydrogen-bond donors (Lipinski definition) is 1. The van der Waals surface area contributed by atoms with Crippen molar-refractivity contribution in [3.05, 3.63) is 29.8 Å². The number of rotatable bonds is 8. The molecule has 1 N–H and O–H groups in total. The van der Waals surface area contributed by atoms with Crippen LogP contribution in [0.1, 0.15) is 33.6 Å². The maximum absolute atomic E-state index is 13.3. The number of ether oxygens (including phenoxy) is 1. The smallest absolute Gasteiger partial charge is 0.165 e. The normalized spacial score (nSPS) is 12.7. The molecule has 0 amide bonds. The molecule has 0 spiro atoms. The summed E-state index contributed by atoms with van der Waals surface area (Å²) in [6.45, 7) is 7.46. The SMILES string of the molecule is CC(C)CCC(C)NCCOc1cc(F)ccc1F. The Bertz CT molecular complexity index is 382. The van der Waals surface area contributed by atoms with Crippen molar-refractivity contribution in [2.24, 2.45) is 5.92 Å². The van der Waals surface area contributed by atoms with Crippen LogP contribution in [0.15, 0.2) is 18.2 Å². The summed E-state index contributed by atoms with van der Waals surface area (Å²) in [4.78, 5) is 0. The molecular formula is C15H23F2NO. The van der Waals surface area contributed by atoms with Crippen molar-refractivity contribution < 1.29 is 13.5 Å². The van der Waals surface area contributed by atoms with Crippen molar-refractivity contribution in [3.8, 4) is 5.75 Å². The van der Waals surface area contributed by atoms with Gasteiger partial charge in [-0.1, -0.05) is 13.8 Å². The van der Waals surface area contributed by atoms with Crippen molar-refractivity contribution in [3.63, 3.8) is 0 Å². The van der Waals surface area contributed by atoms with Crippen LogP contribution < -0.4 is 10.1 Å². The highest BCUT2D eigenvalue weighted by molar-refractivity contribution is 5.24. The molecule has 0 radical (unpaired) electrons. The average molecular weight is 271 g/mol. The average Bonchev–Trinajstić information content (AvgIpc) is 2.36. The third-order valence-corrected chi connectivity index (χ3v) is 2.92. The van der Waals surface area contributed by atoms with Gasteiger partial charge < -0.3 is 10.1 Å². The molecule has 2 nitrogen and oxygen atoms in total. The first-order valence-electron chi connectivity index (χ1n) is 6.80. The van der Waals surface area contributed by atoms with Crippen LogP contribution in [0.4, 0.5) is 8.78 Å². The Kier molecular flexibility index (Phi) is 6.78. The van der Waals surface area contributed by atoms with Crippen LogP contribution in [0.25, 0.3) is 0 Å². The summed E-state index contributed by atoms with van der Waals surface area (Å²) in [7, 11) is 0. The first-order valence-corrected chi connectivity index (χ1v) is 6.80. The van der Waals surface area contributed by atoms with Gasteiger partial charge in [-0.3, -0.25) is 0 Å². The van der Waals surface area contributed by atoms with E-state index in [4.69, 9.17) is 4.74 Å². The van der Waals surface area contributed by atoms with Crippen LogP contribution in [0.3, 0.4) is 0 Å². The van der Waals surface area contributed by atoms with Crippen molar-refractivity contribution in [2.45, 2.75) is 39.7 Å². The van der Waals surface area contributed by atoms with Crippen LogP contribution >= 0.6 is 0 Å². The Hall–Kier alpha value is -1.16. The quantitative estimate of drug-likeness (QED) is 0.727. The lowest BCUT2D eigenvalue weighted by molar-refractivity contribution is 0.288. The van der Waals surface area contributed by atoms with Gasteiger partial charge in [-0.25, -0.2) is 8.78 Å². The van der Waals surface area contributed by atoms with Gasteiger partial charge in [-0.05, 0) is 37.8 Å². The fraction of sp³-hybridized carbons (Fsp3) is 0.600. The predicted octanol–water partition coefficient (Wildman–Crippen LogP) is 3.76. The highest BCUT2D eigenvalue weighted by atomic mass is 19.1. The lowest BCUT2D eigenvalue weighted by Crippen LogP contribution is -2.30. The van der Waals surface area contributed by atoms with Gasteiger partial charge in [-0.15, -0.1) is 0 Å². The molecule has 1 atom stereocenters. The topological polar surface area (TPSA) is 21.3 Å². The molecule has 1 unspecified atom stereocenters. The van der Waals surface area contributed by atoms with Gasteiger partial charge in [0.2, 0.25) is 0 Å². The Morgan fingerprint density at radius 1 is 1.16 bits per heavy atom. The van der Waals surface area contributed by atoms with Crippen molar-refractivity contribution >= 4 is 0 Å². The molecule has 0 aliphatic rings. The minimum Gasteiger partial charge on any atom is -0.489 e. The Morgan fingerprint density at radius 3 is 2.58 bits per heavy atom. The van der Waals surface area contributed by atoms with E-state index in [1.807, 2.05) is 0 Å². The number of hydrogen-bond acceptors (Lipinski definition) is 2. The van der Waals surface area contributed by atoms with E-state index in [1.165, 1.54) is 6.42 Å². The van der Waals surface area contributed by atoms with Crippen LogP contribution in [-0.4, -0.2) is 19.2 Å². The molecule has 0 heterocycles. The second-order valence-corrected chi connectivity index (χ2v) is 5.25. The molecule has 1 rings (SSSR count). The summed E-state index contributed by atoms with van der Waals surface area (Å²) in [5.41, 5.74) is 0. The summed E-state index contributed by atoms with van der Waals surface area (Å²) in [6.07, 6.45) is 2.28. The third-order valence-electron chi connectivity index (χ3n) is 2.92. The predicted molar refractivity (Wildman–Crippen MR) is 73.4 cm³/mol. The highest BCUT2D eigenvalue weighted by Crippen LogP contribution is 2.17. The molecule has 0 saturated heterocycles. The van der Waals surface area contributed by atoms with Gasteiger partial charge in [0.25, 0.3) is 0 Å². The molecule has 1 aromatic rings. The van der Waals surface area contributed by atoms with E-state index in [2.05, 4.69) is 26.1 Å². The zero-order valence-electron chi connectivity index (χ0n) is 11.9. The largest absolute Gasteiger partial charge is 0.489 e. The zero-order chi connectivity index (χ0) is 14.3. The Labute approximate surface area is 114 Å². The van der Waals surface area contributed by atoms with E-state index in [0.29, 0.717) is 25.1 Å². The Morgan fingerprint density at radius 2 is 1.89 bits per heavy atom. The van der Waals surface area contributed by atoms with Crippen molar-refractivity contribution in [1.29, 1.82) is 0 Å². The van der Waals surface area contributed by atoms with E-state index in [-0.39, 0.29) is 5.75 Å². The maximum Gasteiger partial charge on any atom is 0.165 e. The van der Waals surface area contributed by atoms with E-state index < -0.39 is 11.6 Å². The van der Waals surface area contributed by atoms with Crippen LogP contribution in [0.2, 0.25) is 0 Å². The van der Waals surface area contributed by atoms with Crippen LogP contribution in [0, 0.1) is 17.6 Å². The molecule has 0 bridgehead atoms. The number of benzene rings is 1. The summed E-state index contributed by atoms with van der Waals surface area (Å²) in [6, 6.07) is 3.62. The molecule has 1 aromatic carbocycles. The number of nitrogens with one attached hydrogen (secondary N) is 1. The monoisotopic (exact) mass is 271 g/mol. The minimum absolute atomic E-state index is 0.0309. The van der Waals surface area contributed by atoms with Crippen LogP contribution in [0.5, 0.6) is 5.75 Å². The lowest BCUT2D eigenvalue weighted by atomic mass is 10.0. The third kappa shape index (κ3) is 6.53. The molecular weight excluding hydrogens is 248 g/mol. The fourth-order valence-corrected chi connectivity index (χ4v) is 1.74. The van der Waals surface area contributed by atoms with E-state index >= 15 is 0 Å². The molecule has 0 aromatic heterocycles. The van der Waals surface area contributed by atoms with Gasteiger partial charge in [0.1, 0.15) is 12.4 Å². The van der Waals surface area contributed by atoms with Gasteiger partial charge in [-0.2, -0.15) is 0 Å². The minimum atomic E-state index is -0.533. The fourth-order valence-electron chi connectivity index (χ4n) is 1.74. The zero-order valence-corrected chi connectivity index (χ0v) is 11.9. The standard InChI is InChI=1S/C15H23F2NO/c1-11(2)4-5-12(3)18-8-9-19-15-10-13(16)6-7-14(15)17/h6-7,10-12,18H,4-5,8-9H2,1-3H3. The molecule has 19 heavy (non-hydrogen) atoms. The van der Waals surface area contributed by atoms with E-state index in [1.54, 1.807) is 0 Å². The Balaban J connectivity index is 2.21. The number of halogens is 2. The molecule has 0 saturated carbocycles. The maximum atomic E-state index is 13.3. The van der Waals surface area contributed by atoms with Gasteiger partial charge in [0.05, 0.1) is 0 Å². The van der Waals surface area contributed by atoms with E-state index in [0.717, 1.165) is 24.6 Å². The molecule has 0 aliphatic heterocycles. The van der Waals surface area contributed by atoms with Gasteiger partial charge >= 0.3 is 0 Å². The van der Waals surface area contributed by atoms with Gasteiger partial charge in [0.15, 0.2) is 11.6 Å². The second kappa shape index (κ2) is 8.10. The first kappa shape index (κ1) is 15.9. The first-order chi connectivity index (χ1) is 8.99. The molecule has 108 valence electrons. The lowest BCUT2D eigenvalue weighted by Gasteiger charge is -2.15. The summed E-state index contributed by atoms with van der Waals surface area (Å²) in [5.74, 6) is -0.359.